The maximum atomic E-state index is 12.2. The fraction of sp³-hybridized carbons (Fsp3) is 0.647. The Morgan fingerprint density at radius 2 is 1.88 bits per heavy atom. The number of likely N-dealkylation sites (tertiary alicyclic amines) is 1. The maximum Gasteiger partial charge on any atom is 0.277 e. The van der Waals surface area contributed by atoms with Crippen molar-refractivity contribution in [3.05, 3.63) is 35.9 Å². The van der Waals surface area contributed by atoms with Crippen LogP contribution >= 0.6 is 0 Å². The third-order valence-corrected chi connectivity index (χ3v) is 5.87. The highest BCUT2D eigenvalue weighted by Gasteiger charge is 2.26. The van der Waals surface area contributed by atoms with E-state index < -0.39 is 10.2 Å². The Balaban J connectivity index is 1.39. The van der Waals surface area contributed by atoms with Crippen LogP contribution in [0, 0.1) is 0 Å². The van der Waals surface area contributed by atoms with E-state index in [-0.39, 0.29) is 6.04 Å². The summed E-state index contributed by atoms with van der Waals surface area (Å²) in [6.45, 7) is 4.02. The second-order valence-corrected chi connectivity index (χ2v) is 8.17. The molecule has 1 aromatic rings. The van der Waals surface area contributed by atoms with Crippen molar-refractivity contribution in [2.24, 2.45) is 0 Å². The van der Waals surface area contributed by atoms with Gasteiger partial charge in [0.15, 0.2) is 0 Å². The maximum absolute atomic E-state index is 12.2. The van der Waals surface area contributed by atoms with E-state index in [2.05, 4.69) is 14.3 Å². The molecule has 134 valence electrons. The molecule has 0 aliphatic carbocycles. The molecule has 24 heavy (non-hydrogen) atoms. The van der Waals surface area contributed by atoms with E-state index in [9.17, 15) is 8.42 Å². The molecule has 0 amide bonds. The SMILES string of the molecule is O=S(=O)(NCc1ccccc1)NC1CCN(CC2CCCO2)CC1. The molecule has 0 bridgehead atoms. The van der Waals surface area contributed by atoms with E-state index in [0.29, 0.717) is 12.6 Å². The highest BCUT2D eigenvalue weighted by molar-refractivity contribution is 7.87. The van der Waals surface area contributed by atoms with Crippen molar-refractivity contribution in [2.45, 2.75) is 44.4 Å². The lowest BCUT2D eigenvalue weighted by Crippen LogP contribution is -2.49. The predicted octanol–water partition coefficient (Wildman–Crippen LogP) is 1.25. The summed E-state index contributed by atoms with van der Waals surface area (Å²) in [6, 6.07) is 9.56. The first-order chi connectivity index (χ1) is 11.6. The third kappa shape index (κ3) is 5.53. The molecular formula is C17H27N3O3S. The van der Waals surface area contributed by atoms with Crippen LogP contribution in [-0.4, -0.2) is 51.7 Å². The minimum absolute atomic E-state index is 0.0130. The monoisotopic (exact) mass is 353 g/mol. The van der Waals surface area contributed by atoms with Gasteiger partial charge in [0.1, 0.15) is 0 Å². The van der Waals surface area contributed by atoms with E-state index in [1.54, 1.807) is 0 Å². The molecule has 2 fully saturated rings. The van der Waals surface area contributed by atoms with Crippen LogP contribution in [0.15, 0.2) is 30.3 Å². The average Bonchev–Trinajstić information content (AvgIpc) is 3.09. The lowest BCUT2D eigenvalue weighted by molar-refractivity contribution is 0.0638. The highest BCUT2D eigenvalue weighted by Crippen LogP contribution is 2.17. The number of rotatable bonds is 7. The molecule has 6 nitrogen and oxygen atoms in total. The van der Waals surface area contributed by atoms with E-state index >= 15 is 0 Å². The lowest BCUT2D eigenvalue weighted by atomic mass is 10.1. The van der Waals surface area contributed by atoms with Gasteiger partial charge < -0.3 is 9.64 Å². The van der Waals surface area contributed by atoms with Gasteiger partial charge in [-0.05, 0) is 44.3 Å². The Kier molecular flexibility index (Phi) is 6.24. The van der Waals surface area contributed by atoms with Gasteiger partial charge in [-0.15, -0.1) is 0 Å². The first-order valence-electron chi connectivity index (χ1n) is 8.75. The Morgan fingerprint density at radius 3 is 2.54 bits per heavy atom. The topological polar surface area (TPSA) is 70.7 Å². The number of hydrogen-bond donors (Lipinski definition) is 2. The van der Waals surface area contributed by atoms with Crippen molar-refractivity contribution in [1.29, 1.82) is 0 Å². The van der Waals surface area contributed by atoms with Gasteiger partial charge >= 0.3 is 0 Å². The van der Waals surface area contributed by atoms with Crippen molar-refractivity contribution in [3.8, 4) is 0 Å². The summed E-state index contributed by atoms with van der Waals surface area (Å²) in [5.74, 6) is 0. The number of hydrogen-bond acceptors (Lipinski definition) is 4. The van der Waals surface area contributed by atoms with Crippen LogP contribution in [0.5, 0.6) is 0 Å². The summed E-state index contributed by atoms with van der Waals surface area (Å²) < 4.78 is 35.4. The van der Waals surface area contributed by atoms with Crippen molar-refractivity contribution in [1.82, 2.24) is 14.3 Å². The second kappa shape index (κ2) is 8.40. The summed E-state index contributed by atoms with van der Waals surface area (Å²) in [5, 5.41) is 0. The number of piperidine rings is 1. The molecule has 2 aliphatic heterocycles. The zero-order chi connectivity index (χ0) is 16.8. The standard InChI is InChI=1S/C17H27N3O3S/c21-24(22,18-13-15-5-2-1-3-6-15)19-16-8-10-20(11-9-16)14-17-7-4-12-23-17/h1-3,5-6,16-19H,4,7-14H2. The highest BCUT2D eigenvalue weighted by atomic mass is 32.2. The Labute approximate surface area is 144 Å². The van der Waals surface area contributed by atoms with E-state index in [1.807, 2.05) is 30.3 Å². The van der Waals surface area contributed by atoms with Crippen LogP contribution in [0.4, 0.5) is 0 Å². The fourth-order valence-corrected chi connectivity index (χ4v) is 4.46. The van der Waals surface area contributed by atoms with Gasteiger partial charge in [0.2, 0.25) is 0 Å². The molecule has 1 atom stereocenters. The van der Waals surface area contributed by atoms with Crippen LogP contribution in [0.25, 0.3) is 0 Å². The van der Waals surface area contributed by atoms with Gasteiger partial charge in [0, 0.05) is 25.7 Å². The van der Waals surface area contributed by atoms with Crippen LogP contribution in [0.2, 0.25) is 0 Å². The Hall–Kier alpha value is -0.990. The first kappa shape index (κ1) is 17.8. The van der Waals surface area contributed by atoms with Crippen molar-refractivity contribution < 1.29 is 13.2 Å². The number of benzene rings is 1. The van der Waals surface area contributed by atoms with Crippen LogP contribution in [0.1, 0.15) is 31.2 Å². The largest absolute Gasteiger partial charge is 0.377 e. The second-order valence-electron chi connectivity index (χ2n) is 6.64. The summed E-state index contributed by atoms with van der Waals surface area (Å²) in [7, 11) is -3.46. The van der Waals surface area contributed by atoms with Gasteiger partial charge in [0.25, 0.3) is 10.2 Å². The molecule has 0 aromatic heterocycles. The normalized spacial score (nSPS) is 23.6. The van der Waals surface area contributed by atoms with Gasteiger partial charge in [-0.3, -0.25) is 0 Å². The first-order valence-corrected chi connectivity index (χ1v) is 10.2. The number of nitrogens with zero attached hydrogens (tertiary/aromatic N) is 1. The van der Waals surface area contributed by atoms with Crippen LogP contribution in [0.3, 0.4) is 0 Å². The Bertz CT molecular complexity index is 595. The number of ether oxygens (including phenoxy) is 1. The summed E-state index contributed by atoms with van der Waals surface area (Å²) >= 11 is 0. The van der Waals surface area contributed by atoms with E-state index in [0.717, 1.165) is 57.5 Å². The molecule has 2 N–H and O–H groups in total. The molecule has 0 saturated carbocycles. The average molecular weight is 353 g/mol. The van der Waals surface area contributed by atoms with Crippen molar-refractivity contribution in [2.75, 3.05) is 26.2 Å². The lowest BCUT2D eigenvalue weighted by Gasteiger charge is -2.33. The number of nitrogens with one attached hydrogen (secondary N) is 2. The molecule has 0 radical (unpaired) electrons. The summed E-state index contributed by atoms with van der Waals surface area (Å²) in [6.07, 6.45) is 4.37. The molecule has 2 saturated heterocycles. The molecule has 3 rings (SSSR count). The quantitative estimate of drug-likeness (QED) is 0.774. The zero-order valence-corrected chi connectivity index (χ0v) is 14.8. The van der Waals surface area contributed by atoms with Gasteiger partial charge in [0.05, 0.1) is 6.10 Å². The molecule has 1 unspecified atom stereocenters. The van der Waals surface area contributed by atoms with Crippen LogP contribution in [-0.2, 0) is 21.5 Å². The molecule has 7 heteroatoms. The minimum Gasteiger partial charge on any atom is -0.377 e. The molecule has 2 aliphatic rings. The third-order valence-electron chi connectivity index (χ3n) is 4.70. The molecule has 1 aromatic carbocycles. The predicted molar refractivity (Wildman–Crippen MR) is 93.8 cm³/mol. The fourth-order valence-electron chi connectivity index (χ4n) is 3.34. The summed E-state index contributed by atoms with van der Waals surface area (Å²) in [5.41, 5.74) is 0.953. The van der Waals surface area contributed by atoms with Crippen molar-refractivity contribution in [3.63, 3.8) is 0 Å². The molecular weight excluding hydrogens is 326 g/mol. The van der Waals surface area contributed by atoms with E-state index in [1.165, 1.54) is 0 Å². The van der Waals surface area contributed by atoms with Gasteiger partial charge in [-0.2, -0.15) is 17.9 Å². The molecule has 2 heterocycles. The summed E-state index contributed by atoms with van der Waals surface area (Å²) in [4.78, 5) is 2.39. The van der Waals surface area contributed by atoms with Crippen molar-refractivity contribution >= 4 is 10.2 Å². The zero-order valence-electron chi connectivity index (χ0n) is 14.0. The smallest absolute Gasteiger partial charge is 0.277 e. The minimum atomic E-state index is -3.46. The van der Waals surface area contributed by atoms with E-state index in [4.69, 9.17) is 4.74 Å². The van der Waals surface area contributed by atoms with Gasteiger partial charge in [-0.1, -0.05) is 30.3 Å². The van der Waals surface area contributed by atoms with Crippen LogP contribution < -0.4 is 9.44 Å². The van der Waals surface area contributed by atoms with Gasteiger partial charge in [-0.25, -0.2) is 0 Å². The Morgan fingerprint density at radius 1 is 1.12 bits per heavy atom. The molecule has 0 spiro atoms.